The highest BCUT2D eigenvalue weighted by molar-refractivity contribution is 5.80. The third-order valence-electron chi connectivity index (χ3n) is 2.64. The molecule has 0 saturated heterocycles. The van der Waals surface area contributed by atoms with Crippen molar-refractivity contribution in [1.82, 2.24) is 9.55 Å². The third kappa shape index (κ3) is 2.16. The summed E-state index contributed by atoms with van der Waals surface area (Å²) in [6.07, 6.45) is 0. The largest absolute Gasteiger partial charge is 0.368 e. The second-order valence-electron chi connectivity index (χ2n) is 5.23. The summed E-state index contributed by atoms with van der Waals surface area (Å²) >= 11 is 0. The molecule has 2 rings (SSSR count). The van der Waals surface area contributed by atoms with Gasteiger partial charge in [-0.25, -0.2) is 4.98 Å². The maximum Gasteiger partial charge on any atom is 0.237 e. The Morgan fingerprint density at radius 1 is 1.35 bits per heavy atom. The number of benzene rings is 1. The first-order valence-electron chi connectivity index (χ1n) is 5.63. The van der Waals surface area contributed by atoms with Gasteiger partial charge in [0, 0.05) is 5.41 Å². The monoisotopic (exact) mass is 231 g/mol. The molecule has 0 aliphatic rings. The molecule has 0 unspecified atom stereocenters. The van der Waals surface area contributed by atoms with Crippen molar-refractivity contribution in [3.05, 3.63) is 30.1 Å². The van der Waals surface area contributed by atoms with Crippen LogP contribution in [0.3, 0.4) is 0 Å². The molecule has 0 spiro atoms. The Kier molecular flexibility index (Phi) is 2.65. The lowest BCUT2D eigenvalue weighted by Gasteiger charge is -2.19. The number of nitrogens with two attached hydrogens (primary N) is 1. The number of hydrogen-bond donors (Lipinski definition) is 1. The summed E-state index contributed by atoms with van der Waals surface area (Å²) in [7, 11) is 0. The number of para-hydroxylation sites is 2. The molecular weight excluding hydrogens is 214 g/mol. The lowest BCUT2D eigenvalue weighted by atomic mass is 9.95. The van der Waals surface area contributed by atoms with Crippen LogP contribution in [0.1, 0.15) is 26.6 Å². The topological polar surface area (TPSA) is 60.9 Å². The van der Waals surface area contributed by atoms with E-state index in [-0.39, 0.29) is 17.9 Å². The minimum atomic E-state index is -0.348. The summed E-state index contributed by atoms with van der Waals surface area (Å²) in [6, 6.07) is 7.78. The molecular formula is C13H17N3O. The van der Waals surface area contributed by atoms with Gasteiger partial charge in [-0.2, -0.15) is 0 Å². The Bertz CT molecular complexity index is 564. The SMILES string of the molecule is CC(C)(C)c1nc2ccccc2n1CC(N)=O. The number of fused-ring (bicyclic) bond motifs is 1. The number of nitrogens with zero attached hydrogens (tertiary/aromatic N) is 2. The second kappa shape index (κ2) is 3.87. The van der Waals surface area contributed by atoms with Crippen LogP contribution < -0.4 is 5.73 Å². The zero-order valence-electron chi connectivity index (χ0n) is 10.4. The quantitative estimate of drug-likeness (QED) is 0.857. The molecule has 0 aliphatic heterocycles. The van der Waals surface area contributed by atoms with E-state index in [0.29, 0.717) is 0 Å². The number of rotatable bonds is 2. The van der Waals surface area contributed by atoms with Gasteiger partial charge in [0.2, 0.25) is 5.91 Å². The van der Waals surface area contributed by atoms with Crippen molar-refractivity contribution < 1.29 is 4.79 Å². The van der Waals surface area contributed by atoms with E-state index < -0.39 is 0 Å². The molecule has 4 heteroatoms. The van der Waals surface area contributed by atoms with E-state index >= 15 is 0 Å². The van der Waals surface area contributed by atoms with Gasteiger partial charge >= 0.3 is 0 Å². The number of aromatic nitrogens is 2. The Balaban J connectivity index is 2.69. The van der Waals surface area contributed by atoms with Crippen molar-refractivity contribution in [1.29, 1.82) is 0 Å². The van der Waals surface area contributed by atoms with Crippen LogP contribution in [-0.4, -0.2) is 15.5 Å². The minimum absolute atomic E-state index is 0.117. The highest BCUT2D eigenvalue weighted by Gasteiger charge is 2.23. The Morgan fingerprint density at radius 3 is 2.59 bits per heavy atom. The first-order chi connectivity index (χ1) is 7.89. The molecule has 1 aromatic heterocycles. The lowest BCUT2D eigenvalue weighted by Crippen LogP contribution is -2.25. The summed E-state index contributed by atoms with van der Waals surface area (Å²) in [5.41, 5.74) is 7.04. The van der Waals surface area contributed by atoms with E-state index in [1.54, 1.807) is 0 Å². The number of carbonyl (C=O) groups excluding carboxylic acids is 1. The van der Waals surface area contributed by atoms with Crippen LogP contribution in [-0.2, 0) is 16.8 Å². The van der Waals surface area contributed by atoms with E-state index in [4.69, 9.17) is 5.73 Å². The molecule has 90 valence electrons. The number of imidazole rings is 1. The fourth-order valence-electron chi connectivity index (χ4n) is 1.96. The number of primary amides is 1. The summed E-state index contributed by atoms with van der Waals surface area (Å²) in [5.74, 6) is 0.538. The molecule has 2 N–H and O–H groups in total. The average molecular weight is 231 g/mol. The third-order valence-corrected chi connectivity index (χ3v) is 2.64. The van der Waals surface area contributed by atoms with Crippen LogP contribution in [0.5, 0.6) is 0 Å². The van der Waals surface area contributed by atoms with Crippen molar-refractivity contribution in [3.8, 4) is 0 Å². The van der Waals surface area contributed by atoms with Gasteiger partial charge in [0.15, 0.2) is 0 Å². The van der Waals surface area contributed by atoms with Gasteiger partial charge in [-0.15, -0.1) is 0 Å². The van der Waals surface area contributed by atoms with Crippen LogP contribution in [0.2, 0.25) is 0 Å². The molecule has 0 aliphatic carbocycles. The van der Waals surface area contributed by atoms with Gasteiger partial charge in [-0.1, -0.05) is 32.9 Å². The van der Waals surface area contributed by atoms with Crippen LogP contribution in [0.25, 0.3) is 11.0 Å². The molecule has 1 amide bonds. The van der Waals surface area contributed by atoms with Gasteiger partial charge in [-0.3, -0.25) is 4.79 Å². The number of hydrogen-bond acceptors (Lipinski definition) is 2. The lowest BCUT2D eigenvalue weighted by molar-refractivity contribution is -0.118. The molecule has 1 heterocycles. The second-order valence-corrected chi connectivity index (χ2v) is 5.23. The number of amides is 1. The maximum atomic E-state index is 11.2. The van der Waals surface area contributed by atoms with E-state index in [1.807, 2.05) is 28.8 Å². The van der Waals surface area contributed by atoms with Crippen LogP contribution in [0, 0.1) is 0 Å². The molecule has 0 bridgehead atoms. The highest BCUT2D eigenvalue weighted by Crippen LogP contribution is 2.26. The zero-order chi connectivity index (χ0) is 12.6. The van der Waals surface area contributed by atoms with E-state index in [0.717, 1.165) is 16.9 Å². The molecule has 0 atom stereocenters. The van der Waals surface area contributed by atoms with Crippen molar-refractivity contribution in [2.45, 2.75) is 32.7 Å². The Hall–Kier alpha value is -1.84. The van der Waals surface area contributed by atoms with Crippen LogP contribution in [0.4, 0.5) is 0 Å². The average Bonchev–Trinajstić information content (AvgIpc) is 2.56. The van der Waals surface area contributed by atoms with E-state index in [1.165, 1.54) is 0 Å². The zero-order valence-corrected chi connectivity index (χ0v) is 10.4. The standard InChI is InChI=1S/C13H17N3O/c1-13(2,3)12-15-9-6-4-5-7-10(9)16(12)8-11(14)17/h4-7H,8H2,1-3H3,(H2,14,17). The van der Waals surface area contributed by atoms with E-state index in [2.05, 4.69) is 25.8 Å². The molecule has 0 radical (unpaired) electrons. The smallest absolute Gasteiger partial charge is 0.237 e. The fourth-order valence-corrected chi connectivity index (χ4v) is 1.96. The van der Waals surface area contributed by atoms with E-state index in [9.17, 15) is 4.79 Å². The normalized spacial score (nSPS) is 11.9. The fraction of sp³-hybridized carbons (Fsp3) is 0.385. The summed E-state index contributed by atoms with van der Waals surface area (Å²) < 4.78 is 1.90. The van der Waals surface area contributed by atoms with Crippen molar-refractivity contribution in [3.63, 3.8) is 0 Å². The van der Waals surface area contributed by atoms with Gasteiger partial charge in [-0.05, 0) is 12.1 Å². The highest BCUT2D eigenvalue weighted by atomic mass is 16.1. The van der Waals surface area contributed by atoms with Crippen LogP contribution >= 0.6 is 0 Å². The number of carbonyl (C=O) groups is 1. The van der Waals surface area contributed by atoms with Gasteiger partial charge < -0.3 is 10.3 Å². The molecule has 17 heavy (non-hydrogen) atoms. The predicted molar refractivity (Wildman–Crippen MR) is 67.6 cm³/mol. The predicted octanol–water partition coefficient (Wildman–Crippen LogP) is 1.82. The van der Waals surface area contributed by atoms with Crippen molar-refractivity contribution in [2.75, 3.05) is 0 Å². The van der Waals surface area contributed by atoms with Crippen molar-refractivity contribution >= 4 is 16.9 Å². The molecule has 2 aromatic rings. The van der Waals surface area contributed by atoms with Gasteiger partial charge in [0.1, 0.15) is 12.4 Å². The summed E-state index contributed by atoms with van der Waals surface area (Å²) in [5, 5.41) is 0. The van der Waals surface area contributed by atoms with Crippen molar-refractivity contribution in [2.24, 2.45) is 5.73 Å². The minimum Gasteiger partial charge on any atom is -0.368 e. The molecule has 1 aromatic carbocycles. The molecule has 0 saturated carbocycles. The van der Waals surface area contributed by atoms with Gasteiger partial charge in [0.05, 0.1) is 11.0 Å². The summed E-state index contributed by atoms with van der Waals surface area (Å²) in [6.45, 7) is 6.40. The Labute approximate surface area is 100 Å². The molecule has 0 fully saturated rings. The van der Waals surface area contributed by atoms with Gasteiger partial charge in [0.25, 0.3) is 0 Å². The Morgan fingerprint density at radius 2 is 2.00 bits per heavy atom. The first-order valence-corrected chi connectivity index (χ1v) is 5.63. The van der Waals surface area contributed by atoms with Crippen LogP contribution in [0.15, 0.2) is 24.3 Å². The maximum absolute atomic E-state index is 11.2. The first kappa shape index (κ1) is 11.6. The summed E-state index contributed by atoms with van der Waals surface area (Å²) in [4.78, 5) is 15.8. The molecule has 4 nitrogen and oxygen atoms in total.